The Morgan fingerprint density at radius 2 is 2.21 bits per heavy atom. The van der Waals surface area contributed by atoms with Crippen LogP contribution in [0.4, 0.5) is 0 Å². The molecule has 0 aliphatic heterocycles. The highest BCUT2D eigenvalue weighted by Crippen LogP contribution is 2.31. The molecule has 1 aliphatic carbocycles. The van der Waals surface area contributed by atoms with E-state index >= 15 is 0 Å². The minimum absolute atomic E-state index is 0.313. The highest BCUT2D eigenvalue weighted by molar-refractivity contribution is 7.14. The molecule has 1 aliphatic rings. The standard InChI is InChI=1S/C17H16N2O3S2/c1-10(15-18-19-16(22-15)13-7-4-8-23-13)21-17(20)14-9-11-5-2-3-6-12(11)24-14/h4,7-10H,2-3,5-6H2,1H3/t10-/m1/s1. The molecule has 0 unspecified atom stereocenters. The summed E-state index contributed by atoms with van der Waals surface area (Å²) in [5.74, 6) is 0.445. The minimum atomic E-state index is -0.571. The molecule has 5 nitrogen and oxygen atoms in total. The van der Waals surface area contributed by atoms with Crippen LogP contribution in [0.3, 0.4) is 0 Å². The third-order valence-electron chi connectivity index (χ3n) is 4.00. The van der Waals surface area contributed by atoms with Crippen LogP contribution in [0.25, 0.3) is 10.8 Å². The van der Waals surface area contributed by atoms with Gasteiger partial charge in [0.25, 0.3) is 11.8 Å². The summed E-state index contributed by atoms with van der Waals surface area (Å²) in [6.07, 6.45) is 3.95. The fourth-order valence-corrected chi connectivity index (χ4v) is 4.54. The number of carbonyl (C=O) groups is 1. The second-order valence-corrected chi connectivity index (χ2v) is 7.82. The van der Waals surface area contributed by atoms with Crippen molar-refractivity contribution in [3.63, 3.8) is 0 Å². The van der Waals surface area contributed by atoms with Crippen molar-refractivity contribution in [1.29, 1.82) is 0 Å². The van der Waals surface area contributed by atoms with E-state index in [1.807, 2.05) is 23.6 Å². The van der Waals surface area contributed by atoms with E-state index in [1.165, 1.54) is 34.6 Å². The lowest BCUT2D eigenvalue weighted by molar-refractivity contribution is 0.0285. The molecule has 4 rings (SSSR count). The SMILES string of the molecule is C[C@@H](OC(=O)c1cc2c(s1)CCCC2)c1nnc(-c2cccs2)o1. The number of hydrogen-bond donors (Lipinski definition) is 0. The van der Waals surface area contributed by atoms with Gasteiger partial charge >= 0.3 is 5.97 Å². The molecule has 0 saturated heterocycles. The number of esters is 1. The summed E-state index contributed by atoms with van der Waals surface area (Å²) in [6, 6.07) is 5.81. The van der Waals surface area contributed by atoms with E-state index in [0.717, 1.165) is 17.7 Å². The van der Waals surface area contributed by atoms with Crippen molar-refractivity contribution in [2.45, 2.75) is 38.7 Å². The smallest absolute Gasteiger partial charge is 0.349 e. The van der Waals surface area contributed by atoms with E-state index in [9.17, 15) is 4.79 Å². The van der Waals surface area contributed by atoms with Gasteiger partial charge in [-0.1, -0.05) is 6.07 Å². The maximum absolute atomic E-state index is 12.4. The first-order chi connectivity index (χ1) is 11.7. The Kier molecular flexibility index (Phi) is 4.20. The molecular weight excluding hydrogens is 344 g/mol. The maximum Gasteiger partial charge on any atom is 0.349 e. The van der Waals surface area contributed by atoms with Gasteiger partial charge in [0.2, 0.25) is 0 Å². The van der Waals surface area contributed by atoms with E-state index in [0.29, 0.717) is 16.7 Å². The average Bonchev–Trinajstić information content (AvgIpc) is 3.32. The Morgan fingerprint density at radius 3 is 3.00 bits per heavy atom. The topological polar surface area (TPSA) is 65.2 Å². The van der Waals surface area contributed by atoms with Crippen LogP contribution in [0.5, 0.6) is 0 Å². The van der Waals surface area contributed by atoms with Gasteiger partial charge in [0, 0.05) is 4.88 Å². The molecule has 1 atom stereocenters. The second kappa shape index (κ2) is 6.49. The predicted octanol–water partition coefficient (Wildman–Crippen LogP) is 4.66. The van der Waals surface area contributed by atoms with E-state index in [1.54, 1.807) is 18.3 Å². The predicted molar refractivity (Wildman–Crippen MR) is 92.4 cm³/mol. The summed E-state index contributed by atoms with van der Waals surface area (Å²) in [5, 5.41) is 9.96. The van der Waals surface area contributed by atoms with Crippen LogP contribution >= 0.6 is 22.7 Å². The van der Waals surface area contributed by atoms with Gasteiger partial charge in [-0.2, -0.15) is 0 Å². The van der Waals surface area contributed by atoms with Gasteiger partial charge in [-0.25, -0.2) is 4.79 Å². The second-order valence-electron chi connectivity index (χ2n) is 5.74. The highest BCUT2D eigenvalue weighted by Gasteiger charge is 2.23. The fraction of sp³-hybridized carbons (Fsp3) is 0.353. The van der Waals surface area contributed by atoms with Crippen molar-refractivity contribution in [2.24, 2.45) is 0 Å². The minimum Gasteiger partial charge on any atom is -0.448 e. The van der Waals surface area contributed by atoms with E-state index in [2.05, 4.69) is 10.2 Å². The lowest BCUT2D eigenvalue weighted by Gasteiger charge is -2.08. The Bertz CT molecular complexity index is 828. The molecule has 0 saturated carbocycles. The summed E-state index contributed by atoms with van der Waals surface area (Å²) in [4.78, 5) is 15.3. The van der Waals surface area contributed by atoms with Crippen LogP contribution < -0.4 is 0 Å². The molecule has 3 heterocycles. The molecular formula is C17H16N2O3S2. The van der Waals surface area contributed by atoms with Crippen molar-refractivity contribution in [3.8, 4) is 10.8 Å². The summed E-state index contributed by atoms with van der Waals surface area (Å²) < 4.78 is 11.1. The quantitative estimate of drug-likeness (QED) is 0.633. The van der Waals surface area contributed by atoms with Crippen LogP contribution in [0, 0.1) is 0 Å². The van der Waals surface area contributed by atoms with Gasteiger partial charge in [0.1, 0.15) is 4.88 Å². The highest BCUT2D eigenvalue weighted by atomic mass is 32.1. The van der Waals surface area contributed by atoms with E-state index < -0.39 is 6.10 Å². The van der Waals surface area contributed by atoms with Crippen LogP contribution in [0.2, 0.25) is 0 Å². The van der Waals surface area contributed by atoms with Crippen molar-refractivity contribution < 1.29 is 13.9 Å². The normalized spacial score (nSPS) is 15.0. The van der Waals surface area contributed by atoms with Crippen molar-refractivity contribution in [2.75, 3.05) is 0 Å². The Labute approximate surface area is 147 Å². The third kappa shape index (κ3) is 3.01. The van der Waals surface area contributed by atoms with E-state index in [-0.39, 0.29) is 5.97 Å². The van der Waals surface area contributed by atoms with Gasteiger partial charge in [-0.05, 0) is 55.7 Å². The molecule has 3 aromatic rings. The fourth-order valence-electron chi connectivity index (χ4n) is 2.76. The molecule has 24 heavy (non-hydrogen) atoms. The number of fused-ring (bicyclic) bond motifs is 1. The zero-order valence-corrected chi connectivity index (χ0v) is 14.8. The largest absolute Gasteiger partial charge is 0.448 e. The van der Waals surface area contributed by atoms with Gasteiger partial charge in [-0.3, -0.25) is 0 Å². The van der Waals surface area contributed by atoms with Gasteiger partial charge in [0.05, 0.1) is 4.88 Å². The number of thiophene rings is 2. The lowest BCUT2D eigenvalue weighted by Crippen LogP contribution is -2.08. The van der Waals surface area contributed by atoms with Crippen LogP contribution in [-0.4, -0.2) is 16.2 Å². The molecule has 124 valence electrons. The van der Waals surface area contributed by atoms with Crippen LogP contribution in [0.15, 0.2) is 28.0 Å². The first-order valence-electron chi connectivity index (χ1n) is 7.90. The van der Waals surface area contributed by atoms with Crippen LogP contribution in [0.1, 0.15) is 51.9 Å². The number of aromatic nitrogens is 2. The summed E-state index contributed by atoms with van der Waals surface area (Å²) >= 11 is 3.07. The lowest BCUT2D eigenvalue weighted by atomic mass is 9.99. The summed E-state index contributed by atoms with van der Waals surface area (Å²) in [7, 11) is 0. The Hall–Kier alpha value is -1.99. The molecule has 0 radical (unpaired) electrons. The van der Waals surface area contributed by atoms with Crippen molar-refractivity contribution in [3.05, 3.63) is 44.8 Å². The first kappa shape index (κ1) is 15.5. The first-order valence-corrected chi connectivity index (χ1v) is 9.60. The molecule has 3 aromatic heterocycles. The Morgan fingerprint density at radius 1 is 1.33 bits per heavy atom. The molecule has 0 N–H and O–H groups in total. The van der Waals surface area contributed by atoms with Gasteiger partial charge < -0.3 is 9.15 Å². The molecule has 0 spiro atoms. The van der Waals surface area contributed by atoms with Gasteiger partial charge in [-0.15, -0.1) is 32.9 Å². The zero-order chi connectivity index (χ0) is 16.5. The number of carbonyl (C=O) groups excluding carboxylic acids is 1. The van der Waals surface area contributed by atoms with Crippen molar-refractivity contribution >= 4 is 28.6 Å². The van der Waals surface area contributed by atoms with Gasteiger partial charge in [0.15, 0.2) is 6.10 Å². The van der Waals surface area contributed by atoms with Crippen LogP contribution in [-0.2, 0) is 17.6 Å². The number of ether oxygens (including phenoxy) is 1. The molecule has 0 bridgehead atoms. The summed E-state index contributed by atoms with van der Waals surface area (Å²) in [6.45, 7) is 1.75. The average molecular weight is 360 g/mol. The third-order valence-corrected chi connectivity index (χ3v) is 6.08. The number of aryl methyl sites for hydroxylation is 2. The molecule has 0 aromatic carbocycles. The van der Waals surface area contributed by atoms with E-state index in [4.69, 9.17) is 9.15 Å². The number of rotatable bonds is 4. The molecule has 7 heteroatoms. The summed E-state index contributed by atoms with van der Waals surface area (Å²) in [5.41, 5.74) is 1.30. The maximum atomic E-state index is 12.4. The number of nitrogens with zero attached hydrogens (tertiary/aromatic N) is 2. The number of hydrogen-bond acceptors (Lipinski definition) is 7. The molecule has 0 amide bonds. The molecule has 0 fully saturated rings. The monoisotopic (exact) mass is 360 g/mol. The zero-order valence-electron chi connectivity index (χ0n) is 13.2. The Balaban J connectivity index is 1.46. The van der Waals surface area contributed by atoms with Crippen molar-refractivity contribution in [1.82, 2.24) is 10.2 Å².